The summed E-state index contributed by atoms with van der Waals surface area (Å²) in [4.78, 5) is 21.3. The molecule has 0 heterocycles. The van der Waals surface area contributed by atoms with Crippen molar-refractivity contribution in [3.05, 3.63) is 56.0 Å². The van der Waals surface area contributed by atoms with Gasteiger partial charge in [0.05, 0.1) is 28.6 Å². The number of hydrogen-bond donors (Lipinski definition) is 1. The van der Waals surface area contributed by atoms with Crippen molar-refractivity contribution >= 4 is 44.9 Å². The van der Waals surface area contributed by atoms with Crippen molar-refractivity contribution in [1.82, 2.24) is 0 Å². The molecule has 0 fully saturated rings. The number of carbonyl (C=O) groups is 1. The molecule has 0 spiro atoms. The third-order valence-electron chi connectivity index (χ3n) is 3.40. The van der Waals surface area contributed by atoms with E-state index < -0.39 is 17.0 Å². The number of anilines is 1. The van der Waals surface area contributed by atoms with Gasteiger partial charge in [-0.3, -0.25) is 10.1 Å². The van der Waals surface area contributed by atoms with Crippen LogP contribution < -0.4 is 44.7 Å². The van der Waals surface area contributed by atoms with Crippen LogP contribution in [0.5, 0.6) is 11.5 Å². The second-order valence-electron chi connectivity index (χ2n) is 5.37. The molecule has 0 aliphatic carbocycles. The van der Waals surface area contributed by atoms with E-state index in [0.717, 1.165) is 4.47 Å². The molecule has 1 atom stereocenters. The van der Waals surface area contributed by atoms with E-state index >= 15 is 0 Å². The Balaban J connectivity index is 0.00000392. The average Bonchev–Trinajstić information content (AvgIpc) is 2.60. The Labute approximate surface area is 196 Å². The first-order valence-corrected chi connectivity index (χ1v) is 8.92. The van der Waals surface area contributed by atoms with Crippen molar-refractivity contribution in [3.63, 3.8) is 0 Å². The van der Waals surface area contributed by atoms with Crippen molar-refractivity contribution in [3.8, 4) is 11.5 Å². The normalized spacial score (nSPS) is 11.2. The predicted molar refractivity (Wildman–Crippen MR) is 101 cm³/mol. The molecule has 0 aromatic heterocycles. The van der Waals surface area contributed by atoms with Gasteiger partial charge in [0.25, 0.3) is 5.69 Å². The molecule has 11 heteroatoms. The number of ether oxygens (including phenoxy) is 2. The third-order valence-corrected chi connectivity index (χ3v) is 4.19. The van der Waals surface area contributed by atoms with Crippen molar-refractivity contribution < 1.29 is 53.9 Å². The fourth-order valence-electron chi connectivity index (χ4n) is 2.05. The zero-order valence-corrected chi connectivity index (χ0v) is 19.5. The van der Waals surface area contributed by atoms with E-state index in [1.165, 1.54) is 25.1 Å². The minimum Gasteiger partial charge on any atom is -0.547 e. The maximum Gasteiger partial charge on any atom is 1.00 e. The Kier molecular flexibility index (Phi) is 10.2. The van der Waals surface area contributed by atoms with Crippen LogP contribution in [0, 0.1) is 10.1 Å². The first-order valence-electron chi connectivity index (χ1n) is 7.75. The molecule has 28 heavy (non-hydrogen) atoms. The van der Waals surface area contributed by atoms with Gasteiger partial charge in [0.2, 0.25) is 0 Å². The summed E-state index contributed by atoms with van der Waals surface area (Å²) in [6, 6.07) is 9.29. The largest absolute Gasteiger partial charge is 1.00 e. The van der Waals surface area contributed by atoms with Crippen LogP contribution in [-0.2, 0) is 9.53 Å². The smallest absolute Gasteiger partial charge is 0.547 e. The van der Waals surface area contributed by atoms with Crippen molar-refractivity contribution in [2.75, 3.05) is 18.5 Å². The Hall–Kier alpha value is -1.36. The number of halogens is 2. The van der Waals surface area contributed by atoms with Crippen LogP contribution in [0.3, 0.4) is 0 Å². The molecule has 0 radical (unpaired) electrons. The third kappa shape index (κ3) is 7.23. The number of carbonyl (C=O) groups excluding carboxylic acids is 1. The first-order chi connectivity index (χ1) is 12.8. The van der Waals surface area contributed by atoms with Gasteiger partial charge in [-0.25, -0.2) is 0 Å². The minimum atomic E-state index is -1.33. The summed E-state index contributed by atoms with van der Waals surface area (Å²) in [5.41, 5.74) is 0.0487. The number of nitrogens with zero attached hydrogens (tertiary/aromatic N) is 1. The summed E-state index contributed by atoms with van der Waals surface area (Å²) in [7, 11) is 0. The monoisotopic (exact) mass is 480 g/mol. The molecule has 0 saturated heterocycles. The molecule has 0 saturated carbocycles. The number of nitro benzene ring substituents is 1. The van der Waals surface area contributed by atoms with Gasteiger partial charge < -0.3 is 24.7 Å². The molecule has 0 aliphatic rings. The molecular formula is C17H15BrClN2NaO6. The molecule has 1 unspecified atom stereocenters. The van der Waals surface area contributed by atoms with Crippen LogP contribution in [0.2, 0.25) is 5.02 Å². The van der Waals surface area contributed by atoms with Gasteiger partial charge in [0, 0.05) is 23.2 Å². The van der Waals surface area contributed by atoms with Crippen LogP contribution in [0.15, 0.2) is 40.9 Å². The Bertz CT molecular complexity index is 854. The van der Waals surface area contributed by atoms with E-state index in [2.05, 4.69) is 21.2 Å². The quantitative estimate of drug-likeness (QED) is 0.238. The van der Waals surface area contributed by atoms with E-state index in [1.807, 2.05) is 0 Å². The van der Waals surface area contributed by atoms with E-state index in [-0.39, 0.29) is 54.1 Å². The fraction of sp³-hybridized carbons (Fsp3) is 0.235. The zero-order valence-electron chi connectivity index (χ0n) is 15.1. The van der Waals surface area contributed by atoms with E-state index in [9.17, 15) is 20.0 Å². The number of carboxylic acids is 1. The van der Waals surface area contributed by atoms with Gasteiger partial charge >= 0.3 is 29.6 Å². The van der Waals surface area contributed by atoms with E-state index in [1.54, 1.807) is 18.2 Å². The SMILES string of the molecule is CC(OCCNc1cc(Oc2ccc(Br)cc2Cl)ccc1[N+](=O)[O-])C(=O)[O-].[Na+]. The van der Waals surface area contributed by atoms with Crippen LogP contribution in [-0.4, -0.2) is 30.1 Å². The summed E-state index contributed by atoms with van der Waals surface area (Å²) in [5.74, 6) is -0.593. The number of carboxylic acid groups (broad SMARTS) is 1. The number of nitro groups is 1. The summed E-state index contributed by atoms with van der Waals surface area (Å²) in [5, 5.41) is 25.0. The summed E-state index contributed by atoms with van der Waals surface area (Å²) in [6.07, 6.45) is -1.07. The minimum absolute atomic E-state index is 0. The number of benzene rings is 2. The van der Waals surface area contributed by atoms with Gasteiger partial charge in [-0.2, -0.15) is 0 Å². The van der Waals surface area contributed by atoms with Crippen LogP contribution in [0.4, 0.5) is 11.4 Å². The molecule has 0 bridgehead atoms. The second kappa shape index (κ2) is 11.6. The molecule has 0 aliphatic heterocycles. The first kappa shape index (κ1) is 24.7. The summed E-state index contributed by atoms with van der Waals surface area (Å²) >= 11 is 9.41. The maximum absolute atomic E-state index is 11.2. The van der Waals surface area contributed by atoms with Gasteiger partial charge in [-0.1, -0.05) is 27.5 Å². The molecule has 2 aromatic rings. The van der Waals surface area contributed by atoms with Crippen LogP contribution in [0.1, 0.15) is 6.92 Å². The van der Waals surface area contributed by atoms with E-state index in [0.29, 0.717) is 16.5 Å². The van der Waals surface area contributed by atoms with Gasteiger partial charge in [0.15, 0.2) is 0 Å². The van der Waals surface area contributed by atoms with Gasteiger partial charge in [-0.15, -0.1) is 0 Å². The number of nitrogens with one attached hydrogen (secondary N) is 1. The standard InChI is InChI=1S/C17H16BrClN2O6.Na/c1-10(17(22)23)26-7-6-20-14-9-12(3-4-15(14)21(24)25)27-16-5-2-11(18)8-13(16)19;/h2-5,8-10,20H,6-7H2,1H3,(H,22,23);/q;+1/p-1. The Morgan fingerprint density at radius 1 is 1.32 bits per heavy atom. The Morgan fingerprint density at radius 3 is 2.64 bits per heavy atom. The molecule has 1 N–H and O–H groups in total. The summed E-state index contributed by atoms with van der Waals surface area (Å²) < 4.78 is 11.5. The Morgan fingerprint density at radius 2 is 2.04 bits per heavy atom. The van der Waals surface area contributed by atoms with Crippen molar-refractivity contribution in [2.45, 2.75) is 13.0 Å². The van der Waals surface area contributed by atoms with Crippen LogP contribution in [0.25, 0.3) is 0 Å². The summed E-state index contributed by atoms with van der Waals surface area (Å²) in [6.45, 7) is 1.52. The molecule has 2 aromatic carbocycles. The van der Waals surface area contributed by atoms with Gasteiger partial charge in [0.1, 0.15) is 17.2 Å². The number of aliphatic carboxylic acids is 1. The average molecular weight is 482 g/mol. The zero-order chi connectivity index (χ0) is 20.0. The fourth-order valence-corrected chi connectivity index (χ4v) is 2.77. The predicted octanol–water partition coefficient (Wildman–Crippen LogP) is 0.374. The van der Waals surface area contributed by atoms with Gasteiger partial charge in [-0.05, 0) is 31.2 Å². The van der Waals surface area contributed by atoms with Crippen LogP contribution >= 0.6 is 27.5 Å². The number of hydrogen-bond acceptors (Lipinski definition) is 7. The molecular weight excluding hydrogens is 467 g/mol. The van der Waals surface area contributed by atoms with E-state index in [4.69, 9.17) is 21.1 Å². The topological polar surface area (TPSA) is 114 Å². The van der Waals surface area contributed by atoms with Crippen molar-refractivity contribution in [1.29, 1.82) is 0 Å². The second-order valence-corrected chi connectivity index (χ2v) is 6.69. The maximum atomic E-state index is 11.2. The molecule has 0 amide bonds. The molecule has 144 valence electrons. The molecule has 2 rings (SSSR count). The molecule has 8 nitrogen and oxygen atoms in total. The van der Waals surface area contributed by atoms with Crippen molar-refractivity contribution in [2.24, 2.45) is 0 Å². The number of rotatable bonds is 9.